The quantitative estimate of drug-likeness (QED) is 0.277. The molecule has 0 heterocycles. The minimum absolute atomic E-state index is 0.0206. The van der Waals surface area contributed by atoms with Crippen LogP contribution in [-0.2, 0) is 4.74 Å². The number of halogens is 1. The molecule has 0 saturated heterocycles. The Labute approximate surface area is 111 Å². The van der Waals surface area contributed by atoms with Crippen LogP contribution in [0.3, 0.4) is 0 Å². The number of rotatable bonds is 3. The fourth-order valence-corrected chi connectivity index (χ4v) is 1.43. The number of hydrogen-bond donors (Lipinski definition) is 0. The monoisotopic (exact) mass is 345 g/mol. The van der Waals surface area contributed by atoms with Crippen LogP contribution in [-0.4, -0.2) is 17.5 Å². The molecule has 1 aromatic carbocycles. The number of carbonyl (C=O) groups excluding carboxylic acids is 1. The second kappa shape index (κ2) is 6.20. The van der Waals surface area contributed by atoms with Gasteiger partial charge in [0.05, 0.1) is 4.92 Å². The molecule has 5 nitrogen and oxygen atoms in total. The van der Waals surface area contributed by atoms with Gasteiger partial charge in [-0.15, -0.1) is 0 Å². The summed E-state index contributed by atoms with van der Waals surface area (Å²) in [5.74, 6) is 1.81. The molecule has 0 N–H and O–H groups in total. The zero-order valence-electron chi connectivity index (χ0n) is 8.90. The number of nitro groups is 1. The van der Waals surface area contributed by atoms with Crippen LogP contribution in [0.2, 0.25) is 0 Å². The lowest BCUT2D eigenvalue weighted by atomic mass is 10.1. The summed E-state index contributed by atoms with van der Waals surface area (Å²) in [7, 11) is 0. The Morgan fingerprint density at radius 1 is 1.59 bits per heavy atom. The van der Waals surface area contributed by atoms with E-state index >= 15 is 0 Å². The third-order valence-corrected chi connectivity index (χ3v) is 2.38. The van der Waals surface area contributed by atoms with Crippen LogP contribution in [0, 0.1) is 26.9 Å². The van der Waals surface area contributed by atoms with E-state index < -0.39 is 10.9 Å². The van der Waals surface area contributed by atoms with E-state index in [9.17, 15) is 14.9 Å². The molecule has 17 heavy (non-hydrogen) atoms. The summed E-state index contributed by atoms with van der Waals surface area (Å²) in [6.07, 6.45) is 0. The number of carbonyl (C=O) groups is 1. The second-order valence-corrected chi connectivity index (χ2v) is 3.61. The van der Waals surface area contributed by atoms with Gasteiger partial charge < -0.3 is 4.74 Å². The van der Waals surface area contributed by atoms with E-state index in [-0.39, 0.29) is 17.9 Å². The van der Waals surface area contributed by atoms with Crippen LogP contribution in [0.5, 0.6) is 0 Å². The van der Waals surface area contributed by atoms with Crippen molar-refractivity contribution in [3.8, 4) is 9.85 Å². The lowest BCUT2D eigenvalue weighted by molar-refractivity contribution is -0.385. The van der Waals surface area contributed by atoms with Gasteiger partial charge in [-0.1, -0.05) is 18.1 Å². The Morgan fingerprint density at radius 2 is 2.29 bits per heavy atom. The Kier molecular flexibility index (Phi) is 4.90. The highest BCUT2D eigenvalue weighted by Crippen LogP contribution is 2.22. The van der Waals surface area contributed by atoms with Crippen LogP contribution in [0.1, 0.15) is 15.9 Å². The minimum atomic E-state index is -0.728. The molecule has 0 amide bonds. The van der Waals surface area contributed by atoms with E-state index in [1.54, 1.807) is 13.0 Å². The molecule has 0 aromatic heterocycles. The molecule has 0 spiro atoms. The average Bonchev–Trinajstić information content (AvgIpc) is 2.28. The van der Waals surface area contributed by atoms with Gasteiger partial charge in [-0.25, -0.2) is 4.79 Å². The molecule has 0 radical (unpaired) electrons. The van der Waals surface area contributed by atoms with Crippen LogP contribution < -0.4 is 0 Å². The smallest absolute Gasteiger partial charge is 0.346 e. The predicted molar refractivity (Wildman–Crippen MR) is 69.9 cm³/mol. The van der Waals surface area contributed by atoms with Crippen molar-refractivity contribution in [1.82, 2.24) is 0 Å². The van der Waals surface area contributed by atoms with E-state index in [1.807, 2.05) is 22.6 Å². The first-order valence-electron chi connectivity index (χ1n) is 4.57. The molecule has 0 saturated carbocycles. The molecular formula is C11H8INO4. The molecule has 0 aliphatic rings. The zero-order valence-corrected chi connectivity index (χ0v) is 11.1. The van der Waals surface area contributed by atoms with Crippen molar-refractivity contribution in [3.63, 3.8) is 0 Å². The van der Waals surface area contributed by atoms with Gasteiger partial charge in [-0.2, -0.15) is 0 Å². The van der Waals surface area contributed by atoms with Crippen molar-refractivity contribution in [2.24, 2.45) is 0 Å². The molecule has 6 heteroatoms. The lowest BCUT2D eigenvalue weighted by Crippen LogP contribution is -2.10. The highest BCUT2D eigenvalue weighted by Gasteiger charge is 2.23. The highest BCUT2D eigenvalue weighted by molar-refractivity contribution is 14.1. The summed E-state index contributed by atoms with van der Waals surface area (Å²) in [5.41, 5.74) is 0.233. The highest BCUT2D eigenvalue weighted by atomic mass is 127. The number of ether oxygens (including phenoxy) is 1. The predicted octanol–water partition coefficient (Wildman–Crippen LogP) is 2.46. The number of esters is 1. The molecule has 0 fully saturated rings. The SMILES string of the molecule is Cc1cccc([N+](=O)[O-])c1C(=O)OCC#CI. The summed E-state index contributed by atoms with van der Waals surface area (Å²) in [6, 6.07) is 4.41. The summed E-state index contributed by atoms with van der Waals surface area (Å²) >= 11 is 1.81. The number of nitrogens with zero attached hydrogens (tertiary/aromatic N) is 1. The first-order valence-corrected chi connectivity index (χ1v) is 5.65. The van der Waals surface area contributed by atoms with Crippen molar-refractivity contribution in [2.45, 2.75) is 6.92 Å². The normalized spacial score (nSPS) is 9.06. The fraction of sp³-hybridized carbons (Fsp3) is 0.182. The van der Waals surface area contributed by atoms with Crippen LogP contribution in [0.15, 0.2) is 18.2 Å². The summed E-state index contributed by atoms with van der Waals surface area (Å²) in [4.78, 5) is 21.8. The van der Waals surface area contributed by atoms with Gasteiger partial charge in [-0.3, -0.25) is 10.1 Å². The minimum Gasteiger partial charge on any atom is -0.449 e. The standard InChI is InChI=1S/C11H8INO4/c1-8-4-2-5-9(13(15)16)10(8)11(14)17-7-3-6-12/h2,4-5H,7H2,1H3. The topological polar surface area (TPSA) is 69.4 Å². The molecule has 1 rings (SSSR count). The third kappa shape index (κ3) is 3.42. The molecule has 0 bridgehead atoms. The maximum Gasteiger partial charge on any atom is 0.346 e. The molecular weight excluding hydrogens is 337 g/mol. The van der Waals surface area contributed by atoms with Crippen LogP contribution in [0.4, 0.5) is 5.69 Å². The van der Waals surface area contributed by atoms with Gasteiger partial charge in [0, 0.05) is 28.7 Å². The van der Waals surface area contributed by atoms with Crippen molar-refractivity contribution in [1.29, 1.82) is 0 Å². The number of hydrogen-bond acceptors (Lipinski definition) is 4. The summed E-state index contributed by atoms with van der Waals surface area (Å²) in [6.45, 7) is 1.54. The first-order chi connectivity index (χ1) is 8.07. The van der Waals surface area contributed by atoms with E-state index in [4.69, 9.17) is 4.74 Å². The van der Waals surface area contributed by atoms with E-state index in [0.29, 0.717) is 5.56 Å². The van der Waals surface area contributed by atoms with Gasteiger partial charge in [-0.05, 0) is 16.4 Å². The van der Waals surface area contributed by atoms with E-state index in [2.05, 4.69) is 9.85 Å². The van der Waals surface area contributed by atoms with Gasteiger partial charge >= 0.3 is 5.97 Å². The second-order valence-electron chi connectivity index (χ2n) is 3.07. The van der Waals surface area contributed by atoms with Crippen molar-refractivity contribution in [3.05, 3.63) is 39.4 Å². The molecule has 0 atom stereocenters. The Morgan fingerprint density at radius 3 is 2.88 bits per heavy atom. The van der Waals surface area contributed by atoms with E-state index in [0.717, 1.165) is 0 Å². The van der Waals surface area contributed by atoms with Crippen LogP contribution in [0.25, 0.3) is 0 Å². The maximum absolute atomic E-state index is 11.7. The first kappa shape index (κ1) is 13.4. The molecule has 0 aliphatic heterocycles. The molecule has 88 valence electrons. The number of nitro benzene ring substituents is 1. The Hall–Kier alpha value is -1.62. The van der Waals surface area contributed by atoms with Crippen molar-refractivity contribution < 1.29 is 14.5 Å². The Bertz CT molecular complexity index is 516. The van der Waals surface area contributed by atoms with E-state index in [1.165, 1.54) is 12.1 Å². The molecule has 0 unspecified atom stereocenters. The van der Waals surface area contributed by atoms with Crippen molar-refractivity contribution in [2.75, 3.05) is 6.61 Å². The Balaban J connectivity index is 3.05. The fourth-order valence-electron chi connectivity index (χ4n) is 1.27. The lowest BCUT2D eigenvalue weighted by Gasteiger charge is -2.05. The maximum atomic E-state index is 11.7. The molecule has 1 aromatic rings. The van der Waals surface area contributed by atoms with Gasteiger partial charge in [0.25, 0.3) is 5.69 Å². The average molecular weight is 345 g/mol. The number of benzene rings is 1. The largest absolute Gasteiger partial charge is 0.449 e. The van der Waals surface area contributed by atoms with Crippen molar-refractivity contribution >= 4 is 34.2 Å². The number of aryl methyl sites for hydroxylation is 1. The van der Waals surface area contributed by atoms with Gasteiger partial charge in [0.2, 0.25) is 0 Å². The van der Waals surface area contributed by atoms with Crippen LogP contribution >= 0.6 is 22.6 Å². The third-order valence-electron chi connectivity index (χ3n) is 1.99. The summed E-state index contributed by atoms with van der Waals surface area (Å²) < 4.78 is 7.35. The van der Waals surface area contributed by atoms with Gasteiger partial charge in [0.15, 0.2) is 6.61 Å². The van der Waals surface area contributed by atoms with Gasteiger partial charge in [0.1, 0.15) is 5.56 Å². The zero-order chi connectivity index (χ0) is 12.8. The molecule has 0 aliphatic carbocycles. The summed E-state index contributed by atoms with van der Waals surface area (Å²) in [5, 5.41) is 10.8.